The highest BCUT2D eigenvalue weighted by atomic mass is 32.2. The Hall–Kier alpha value is -4.83. The third kappa shape index (κ3) is 4.94. The molecule has 2 N–H and O–H groups in total. The van der Waals surface area contributed by atoms with Gasteiger partial charge in [-0.2, -0.15) is 19.4 Å². The fourth-order valence-electron chi connectivity index (χ4n) is 4.59. The van der Waals surface area contributed by atoms with Gasteiger partial charge in [-0.05, 0) is 45.6 Å². The molecule has 2 aliphatic rings. The molecule has 42 heavy (non-hydrogen) atoms. The molecule has 0 aromatic carbocycles. The van der Waals surface area contributed by atoms with Crippen LogP contribution in [0.15, 0.2) is 55.6 Å². The van der Waals surface area contributed by atoms with Gasteiger partial charge in [-0.3, -0.25) is 14.3 Å². The highest BCUT2D eigenvalue weighted by Crippen LogP contribution is 2.36. The van der Waals surface area contributed by atoms with E-state index in [1.807, 2.05) is 34.0 Å². The number of aromatic nitrogens is 9. The Morgan fingerprint density at radius 3 is 2.40 bits per heavy atom. The molecular formula is C29H28N10O2S. The van der Waals surface area contributed by atoms with E-state index in [9.17, 15) is 8.42 Å². The molecule has 12 nitrogen and oxygen atoms in total. The number of nitrogen functional groups attached to an aromatic ring is 1. The third-order valence-corrected chi connectivity index (χ3v) is 9.36. The standard InChI is InChI=1S/C29H28N10O2S/c1-18(2)37-15-19(10-33-37)3-4-20-11-31-27(9-25(20)21-12-34-38(16-21)23-5-6-23)26-14-32-29(36-28(26)30)22-13-35-39(17-22)42(40,41)24-7-8-24/h9-18,23-24H,5-8H2,1-2H3,(H2,30,32,36). The number of rotatable bonds is 7. The first-order valence-corrected chi connectivity index (χ1v) is 15.3. The molecule has 0 radical (unpaired) electrons. The summed E-state index contributed by atoms with van der Waals surface area (Å²) < 4.78 is 29.9. The van der Waals surface area contributed by atoms with Gasteiger partial charge in [-0.25, -0.2) is 18.4 Å². The third-order valence-electron chi connectivity index (χ3n) is 7.33. The van der Waals surface area contributed by atoms with Crippen LogP contribution in [0.25, 0.3) is 33.8 Å². The normalized spacial score (nSPS) is 15.1. The van der Waals surface area contributed by atoms with Gasteiger partial charge in [0.25, 0.3) is 10.0 Å². The van der Waals surface area contributed by atoms with Crippen LogP contribution in [-0.4, -0.2) is 57.4 Å². The first-order valence-electron chi connectivity index (χ1n) is 13.8. The van der Waals surface area contributed by atoms with E-state index < -0.39 is 10.0 Å². The van der Waals surface area contributed by atoms with E-state index in [-0.39, 0.29) is 22.9 Å². The van der Waals surface area contributed by atoms with Crippen LogP contribution in [-0.2, 0) is 10.0 Å². The second-order valence-electron chi connectivity index (χ2n) is 10.9. The summed E-state index contributed by atoms with van der Waals surface area (Å²) >= 11 is 0. The van der Waals surface area contributed by atoms with Crippen molar-refractivity contribution in [1.29, 1.82) is 0 Å². The Morgan fingerprint density at radius 1 is 0.881 bits per heavy atom. The molecule has 13 heteroatoms. The van der Waals surface area contributed by atoms with E-state index >= 15 is 0 Å². The van der Waals surface area contributed by atoms with Crippen molar-refractivity contribution < 1.29 is 8.42 Å². The van der Waals surface area contributed by atoms with Crippen molar-refractivity contribution in [3.63, 3.8) is 0 Å². The minimum Gasteiger partial charge on any atom is -0.383 e. The SMILES string of the molecule is CC(C)n1cc(C#Cc2cnc(-c3cnc(-c4cnn(S(=O)(=O)C5CC5)c4)nc3N)cc2-c2cnn(C3CC3)c2)cn1. The largest absolute Gasteiger partial charge is 0.383 e. The van der Waals surface area contributed by atoms with E-state index in [0.717, 1.165) is 39.2 Å². The first-order chi connectivity index (χ1) is 20.3. The lowest BCUT2D eigenvalue weighted by Gasteiger charge is -2.09. The van der Waals surface area contributed by atoms with Crippen molar-refractivity contribution >= 4 is 15.8 Å². The van der Waals surface area contributed by atoms with Crippen molar-refractivity contribution in [2.75, 3.05) is 5.73 Å². The molecule has 5 aromatic rings. The fourth-order valence-corrected chi connectivity index (χ4v) is 6.07. The lowest BCUT2D eigenvalue weighted by Crippen LogP contribution is -2.17. The van der Waals surface area contributed by atoms with Gasteiger partial charge >= 0.3 is 0 Å². The van der Waals surface area contributed by atoms with Gasteiger partial charge in [0.15, 0.2) is 5.82 Å². The van der Waals surface area contributed by atoms with Gasteiger partial charge in [0.2, 0.25) is 0 Å². The second kappa shape index (κ2) is 9.92. The summed E-state index contributed by atoms with van der Waals surface area (Å²) in [6.07, 6.45) is 17.3. The van der Waals surface area contributed by atoms with Crippen LogP contribution in [0.2, 0.25) is 0 Å². The van der Waals surface area contributed by atoms with Gasteiger partial charge < -0.3 is 5.73 Å². The Kier molecular flexibility index (Phi) is 6.16. The highest BCUT2D eigenvalue weighted by molar-refractivity contribution is 7.90. The zero-order valence-corrected chi connectivity index (χ0v) is 23.9. The van der Waals surface area contributed by atoms with E-state index in [1.165, 1.54) is 12.4 Å². The molecule has 0 atom stereocenters. The molecular weight excluding hydrogens is 552 g/mol. The minimum absolute atomic E-state index is 0.213. The van der Waals surface area contributed by atoms with E-state index in [1.54, 1.807) is 18.6 Å². The monoisotopic (exact) mass is 580 g/mol. The van der Waals surface area contributed by atoms with E-state index in [0.29, 0.717) is 35.7 Å². The molecule has 0 aliphatic heterocycles. The van der Waals surface area contributed by atoms with Crippen molar-refractivity contribution in [3.05, 3.63) is 66.8 Å². The minimum atomic E-state index is -3.49. The number of anilines is 1. The summed E-state index contributed by atoms with van der Waals surface area (Å²) in [5.74, 6) is 6.96. The molecule has 0 bridgehead atoms. The second-order valence-corrected chi connectivity index (χ2v) is 13.0. The zero-order valence-electron chi connectivity index (χ0n) is 23.1. The van der Waals surface area contributed by atoms with Crippen molar-refractivity contribution in [3.8, 4) is 45.6 Å². The fraction of sp³-hybridized carbons (Fsp3) is 0.310. The average molecular weight is 581 g/mol. The summed E-state index contributed by atoms with van der Waals surface area (Å²) in [7, 11) is -3.49. The predicted octanol–water partition coefficient (Wildman–Crippen LogP) is 3.70. The van der Waals surface area contributed by atoms with Gasteiger partial charge in [0, 0.05) is 42.0 Å². The first kappa shape index (κ1) is 26.1. The van der Waals surface area contributed by atoms with Crippen molar-refractivity contribution in [2.45, 2.75) is 56.9 Å². The molecule has 0 spiro atoms. The lowest BCUT2D eigenvalue weighted by molar-refractivity contribution is 0.532. The number of nitrogens with zero attached hydrogens (tertiary/aromatic N) is 9. The highest BCUT2D eigenvalue weighted by Gasteiger charge is 2.37. The summed E-state index contributed by atoms with van der Waals surface area (Å²) in [5.41, 5.74) is 11.3. The van der Waals surface area contributed by atoms with Crippen LogP contribution >= 0.6 is 0 Å². The predicted molar refractivity (Wildman–Crippen MR) is 156 cm³/mol. The van der Waals surface area contributed by atoms with Gasteiger partial charge in [-0.1, -0.05) is 11.8 Å². The molecule has 2 aliphatic carbocycles. The Morgan fingerprint density at radius 2 is 1.69 bits per heavy atom. The van der Waals surface area contributed by atoms with Crippen LogP contribution in [0.3, 0.4) is 0 Å². The maximum Gasteiger partial charge on any atom is 0.256 e. The van der Waals surface area contributed by atoms with Gasteiger partial charge in [0.05, 0.1) is 64.0 Å². The van der Waals surface area contributed by atoms with Crippen molar-refractivity contribution in [1.82, 2.24) is 43.7 Å². The molecule has 7 rings (SSSR count). The number of hydrogen-bond donors (Lipinski definition) is 1. The zero-order chi connectivity index (χ0) is 29.0. The van der Waals surface area contributed by atoms with E-state index in [4.69, 9.17) is 5.73 Å². The van der Waals surface area contributed by atoms with Crippen LogP contribution in [0.5, 0.6) is 0 Å². The Bertz CT molecular complexity index is 1990. The summed E-state index contributed by atoms with van der Waals surface area (Å²) in [6, 6.07) is 2.61. The summed E-state index contributed by atoms with van der Waals surface area (Å²) in [5, 5.41) is 12.6. The molecule has 0 saturated heterocycles. The van der Waals surface area contributed by atoms with Crippen LogP contribution < -0.4 is 5.73 Å². The molecule has 2 saturated carbocycles. The molecule has 5 aromatic heterocycles. The van der Waals surface area contributed by atoms with Crippen LogP contribution in [0, 0.1) is 11.8 Å². The molecule has 0 unspecified atom stereocenters. The Balaban J connectivity index is 1.23. The number of pyridine rings is 1. The smallest absolute Gasteiger partial charge is 0.256 e. The molecule has 0 amide bonds. The number of nitrogens with two attached hydrogens (primary N) is 1. The average Bonchev–Trinajstić information content (AvgIpc) is 3.85. The maximum atomic E-state index is 12.5. The molecule has 2 fully saturated rings. The van der Waals surface area contributed by atoms with Crippen LogP contribution in [0.1, 0.15) is 62.7 Å². The van der Waals surface area contributed by atoms with Gasteiger partial charge in [-0.15, -0.1) is 0 Å². The summed E-state index contributed by atoms with van der Waals surface area (Å²) in [6.45, 7) is 4.13. The topological polar surface area (TPSA) is 152 Å². The molecule has 5 heterocycles. The Labute approximate surface area is 242 Å². The maximum absolute atomic E-state index is 12.5. The molecule has 212 valence electrons. The van der Waals surface area contributed by atoms with E-state index in [2.05, 4.69) is 55.9 Å². The number of hydrogen-bond acceptors (Lipinski definition) is 9. The van der Waals surface area contributed by atoms with Crippen molar-refractivity contribution in [2.24, 2.45) is 0 Å². The quantitative estimate of drug-likeness (QED) is 0.284. The summed E-state index contributed by atoms with van der Waals surface area (Å²) in [4.78, 5) is 13.6. The lowest BCUT2D eigenvalue weighted by atomic mass is 10.0. The van der Waals surface area contributed by atoms with Crippen LogP contribution in [0.4, 0.5) is 5.82 Å². The van der Waals surface area contributed by atoms with Gasteiger partial charge in [0.1, 0.15) is 5.82 Å².